The predicted molar refractivity (Wildman–Crippen MR) is 127 cm³/mol. The summed E-state index contributed by atoms with van der Waals surface area (Å²) < 4.78 is 0. The van der Waals surface area contributed by atoms with Crippen molar-refractivity contribution in [3.63, 3.8) is 0 Å². The first-order valence-electron chi connectivity index (χ1n) is 11.7. The summed E-state index contributed by atoms with van der Waals surface area (Å²) in [4.78, 5) is 61.0. The molecule has 0 aliphatic rings. The lowest BCUT2D eigenvalue weighted by atomic mass is 10.0. The van der Waals surface area contributed by atoms with E-state index in [1.165, 1.54) is 0 Å². The molecule has 0 bridgehead atoms. The Morgan fingerprint density at radius 1 is 0.824 bits per heavy atom. The molecule has 0 saturated carbocycles. The second kappa shape index (κ2) is 16.0. The first kappa shape index (κ1) is 31.3. The van der Waals surface area contributed by atoms with Gasteiger partial charge in [-0.25, -0.2) is 4.79 Å². The van der Waals surface area contributed by atoms with Gasteiger partial charge >= 0.3 is 5.97 Å². The lowest BCUT2D eigenvalue weighted by Gasteiger charge is -2.26. The molecule has 12 heteroatoms. The minimum Gasteiger partial charge on any atom is -0.480 e. The number of aliphatic carboxylic acids is 1. The summed E-state index contributed by atoms with van der Waals surface area (Å²) in [5, 5.41) is 16.9. The van der Waals surface area contributed by atoms with Crippen molar-refractivity contribution in [2.24, 2.45) is 29.0 Å². The summed E-state index contributed by atoms with van der Waals surface area (Å²) in [6.45, 7) is 7.48. The molecule has 0 aromatic carbocycles. The molecule has 196 valence electrons. The molecule has 4 amide bonds. The van der Waals surface area contributed by atoms with Crippen molar-refractivity contribution < 1.29 is 29.1 Å². The summed E-state index contributed by atoms with van der Waals surface area (Å²) >= 11 is 0. The van der Waals surface area contributed by atoms with Crippen LogP contribution in [0.15, 0.2) is 0 Å². The third kappa shape index (κ3) is 12.5. The number of carbonyl (C=O) groups excluding carboxylic acids is 4. The van der Waals surface area contributed by atoms with Crippen LogP contribution in [0.1, 0.15) is 66.2 Å². The van der Waals surface area contributed by atoms with Gasteiger partial charge in [0, 0.05) is 6.42 Å². The number of amides is 4. The first-order valence-corrected chi connectivity index (χ1v) is 11.7. The molecule has 0 heterocycles. The average molecular weight is 487 g/mol. The number of hydrogen-bond donors (Lipinski definition) is 7. The second-order valence-electron chi connectivity index (χ2n) is 9.22. The smallest absolute Gasteiger partial charge is 0.326 e. The number of unbranched alkanes of at least 4 members (excludes halogenated alkanes) is 1. The SMILES string of the molecule is CC(C)CC(N)C(=O)NC(CCC(N)=O)C(=O)NC(CCCCN)C(=O)NC(C(=O)O)C(C)C. The highest BCUT2D eigenvalue weighted by Gasteiger charge is 2.31. The van der Waals surface area contributed by atoms with Crippen molar-refractivity contribution in [2.45, 2.75) is 90.4 Å². The molecule has 0 aromatic rings. The van der Waals surface area contributed by atoms with E-state index in [1.54, 1.807) is 13.8 Å². The Labute approximate surface area is 201 Å². The number of primary amides is 1. The monoisotopic (exact) mass is 486 g/mol. The zero-order valence-electron chi connectivity index (χ0n) is 20.6. The van der Waals surface area contributed by atoms with E-state index in [0.29, 0.717) is 25.8 Å². The van der Waals surface area contributed by atoms with Crippen molar-refractivity contribution in [3.8, 4) is 0 Å². The first-order chi connectivity index (χ1) is 15.8. The van der Waals surface area contributed by atoms with Crippen molar-refractivity contribution in [1.82, 2.24) is 16.0 Å². The molecule has 0 radical (unpaired) electrons. The van der Waals surface area contributed by atoms with E-state index in [0.717, 1.165) is 0 Å². The van der Waals surface area contributed by atoms with Crippen molar-refractivity contribution in [3.05, 3.63) is 0 Å². The largest absolute Gasteiger partial charge is 0.480 e. The van der Waals surface area contributed by atoms with Crippen LogP contribution in [0, 0.1) is 11.8 Å². The second-order valence-corrected chi connectivity index (χ2v) is 9.22. The molecule has 4 atom stereocenters. The Balaban J connectivity index is 5.56. The van der Waals surface area contributed by atoms with Crippen LogP contribution >= 0.6 is 0 Å². The van der Waals surface area contributed by atoms with Crippen LogP contribution in [-0.4, -0.2) is 65.4 Å². The molecular weight excluding hydrogens is 444 g/mol. The zero-order valence-corrected chi connectivity index (χ0v) is 20.6. The number of nitrogens with one attached hydrogen (secondary N) is 3. The Bertz CT molecular complexity index is 699. The van der Waals surface area contributed by atoms with Gasteiger partial charge in [0.15, 0.2) is 0 Å². The number of carboxylic acids is 1. The van der Waals surface area contributed by atoms with Crippen LogP contribution in [-0.2, 0) is 24.0 Å². The van der Waals surface area contributed by atoms with Gasteiger partial charge in [-0.2, -0.15) is 0 Å². The van der Waals surface area contributed by atoms with Crippen LogP contribution in [0.2, 0.25) is 0 Å². The van der Waals surface area contributed by atoms with Crippen molar-refractivity contribution in [2.75, 3.05) is 6.54 Å². The molecule has 0 spiro atoms. The van der Waals surface area contributed by atoms with E-state index < -0.39 is 53.8 Å². The molecule has 0 aliphatic heterocycles. The van der Waals surface area contributed by atoms with Gasteiger partial charge in [0.05, 0.1) is 6.04 Å². The molecule has 0 rings (SSSR count). The maximum absolute atomic E-state index is 13.0. The molecular formula is C22H42N6O6. The van der Waals surface area contributed by atoms with Crippen LogP contribution in [0.25, 0.3) is 0 Å². The lowest BCUT2D eigenvalue weighted by molar-refractivity contribution is -0.143. The van der Waals surface area contributed by atoms with E-state index in [9.17, 15) is 29.1 Å². The highest BCUT2D eigenvalue weighted by atomic mass is 16.4. The fourth-order valence-electron chi connectivity index (χ4n) is 3.25. The summed E-state index contributed by atoms with van der Waals surface area (Å²) in [5.41, 5.74) is 16.6. The quantitative estimate of drug-likeness (QED) is 0.125. The summed E-state index contributed by atoms with van der Waals surface area (Å²) in [7, 11) is 0. The van der Waals surface area contributed by atoms with Gasteiger partial charge in [0.2, 0.25) is 23.6 Å². The molecule has 0 aliphatic carbocycles. The molecule has 0 aromatic heterocycles. The van der Waals surface area contributed by atoms with E-state index in [1.807, 2.05) is 13.8 Å². The number of rotatable bonds is 17. The van der Waals surface area contributed by atoms with Gasteiger partial charge in [-0.05, 0) is 50.5 Å². The molecule has 12 nitrogen and oxygen atoms in total. The Morgan fingerprint density at radius 2 is 1.35 bits per heavy atom. The summed E-state index contributed by atoms with van der Waals surface area (Å²) in [6.07, 6.45) is 1.46. The Kier molecular flexibility index (Phi) is 14.7. The van der Waals surface area contributed by atoms with Gasteiger partial charge < -0.3 is 38.3 Å². The van der Waals surface area contributed by atoms with Gasteiger partial charge in [-0.3, -0.25) is 19.2 Å². The Morgan fingerprint density at radius 3 is 1.82 bits per heavy atom. The van der Waals surface area contributed by atoms with Crippen molar-refractivity contribution in [1.29, 1.82) is 0 Å². The topological polar surface area (TPSA) is 220 Å². The van der Waals surface area contributed by atoms with Crippen LogP contribution in [0.4, 0.5) is 0 Å². The fourth-order valence-corrected chi connectivity index (χ4v) is 3.25. The number of hydrogen-bond acceptors (Lipinski definition) is 7. The Hall–Kier alpha value is -2.73. The maximum atomic E-state index is 13.0. The highest BCUT2D eigenvalue weighted by molar-refractivity contribution is 5.94. The third-order valence-corrected chi connectivity index (χ3v) is 5.18. The molecule has 4 unspecified atom stereocenters. The fraction of sp³-hybridized carbons (Fsp3) is 0.773. The standard InChI is InChI=1S/C22H42N6O6/c1-12(2)11-14(24)19(30)26-16(8-9-17(25)29)20(31)27-15(7-5-6-10-23)21(32)28-18(13(3)4)22(33)34/h12-16,18H,5-11,23-24H2,1-4H3,(H2,25,29)(H,26,30)(H,27,31)(H,28,32)(H,33,34). The van der Waals surface area contributed by atoms with E-state index in [-0.39, 0.29) is 31.1 Å². The van der Waals surface area contributed by atoms with Crippen LogP contribution in [0.3, 0.4) is 0 Å². The molecule has 10 N–H and O–H groups in total. The minimum absolute atomic E-state index is 0.0812. The van der Waals surface area contributed by atoms with Gasteiger partial charge in [0.25, 0.3) is 0 Å². The average Bonchev–Trinajstić information content (AvgIpc) is 2.72. The third-order valence-electron chi connectivity index (χ3n) is 5.18. The zero-order chi connectivity index (χ0) is 26.4. The number of carbonyl (C=O) groups is 5. The molecule has 0 saturated heterocycles. The summed E-state index contributed by atoms with van der Waals surface area (Å²) in [6, 6.07) is -4.20. The van der Waals surface area contributed by atoms with Crippen LogP contribution < -0.4 is 33.2 Å². The highest BCUT2D eigenvalue weighted by Crippen LogP contribution is 2.08. The van der Waals surface area contributed by atoms with E-state index in [2.05, 4.69) is 16.0 Å². The van der Waals surface area contributed by atoms with Crippen molar-refractivity contribution >= 4 is 29.6 Å². The van der Waals surface area contributed by atoms with Gasteiger partial charge in [-0.1, -0.05) is 27.7 Å². The predicted octanol–water partition coefficient (Wildman–Crippen LogP) is -1.05. The number of nitrogens with two attached hydrogens (primary N) is 3. The van der Waals surface area contributed by atoms with E-state index in [4.69, 9.17) is 17.2 Å². The van der Waals surface area contributed by atoms with Gasteiger partial charge in [-0.15, -0.1) is 0 Å². The lowest BCUT2D eigenvalue weighted by Crippen LogP contribution is -2.57. The maximum Gasteiger partial charge on any atom is 0.326 e. The van der Waals surface area contributed by atoms with Gasteiger partial charge in [0.1, 0.15) is 18.1 Å². The van der Waals surface area contributed by atoms with E-state index >= 15 is 0 Å². The van der Waals surface area contributed by atoms with Crippen LogP contribution in [0.5, 0.6) is 0 Å². The minimum atomic E-state index is -1.19. The summed E-state index contributed by atoms with van der Waals surface area (Å²) in [5.74, 6) is -4.01. The molecule has 34 heavy (non-hydrogen) atoms. The molecule has 0 fully saturated rings. The number of carboxylic acid groups (broad SMARTS) is 1. The normalized spacial score (nSPS) is 14.7.